The summed E-state index contributed by atoms with van der Waals surface area (Å²) in [5.74, 6) is -0.611. The van der Waals surface area contributed by atoms with Crippen LogP contribution in [0.2, 0.25) is 0 Å². The van der Waals surface area contributed by atoms with E-state index in [0.29, 0.717) is 12.1 Å². The summed E-state index contributed by atoms with van der Waals surface area (Å²) >= 11 is 0. The van der Waals surface area contributed by atoms with Crippen LogP contribution >= 0.6 is 0 Å². The average Bonchev–Trinajstić information content (AvgIpc) is 2.60. The second kappa shape index (κ2) is 8.24. The third kappa shape index (κ3) is 5.01. The average molecular weight is 343 g/mol. The maximum atomic E-state index is 12.4. The summed E-state index contributed by atoms with van der Waals surface area (Å²) < 4.78 is 29.8. The molecule has 2 aromatic rings. The molecule has 0 heterocycles. The highest BCUT2D eigenvalue weighted by Gasteiger charge is 2.14. The van der Waals surface area contributed by atoms with Gasteiger partial charge in [0.15, 0.2) is 5.76 Å². The molecule has 2 aromatic carbocycles. The molecule has 3 nitrogen and oxygen atoms in total. The molecule has 0 atom stereocenters. The number of halogens is 2. The minimum atomic E-state index is -2.76. The van der Waals surface area contributed by atoms with Crippen LogP contribution in [-0.4, -0.2) is 12.3 Å². The molecule has 2 rings (SSSR count). The number of alkyl halides is 2. The Labute approximate surface area is 145 Å². The zero-order chi connectivity index (χ0) is 18.4. The van der Waals surface area contributed by atoms with E-state index in [1.54, 1.807) is 29.2 Å². The van der Waals surface area contributed by atoms with Crippen LogP contribution in [0.25, 0.3) is 5.76 Å². The van der Waals surface area contributed by atoms with Crippen LogP contribution in [0.1, 0.15) is 18.1 Å². The van der Waals surface area contributed by atoms with Crippen LogP contribution in [0.3, 0.4) is 0 Å². The Balaban J connectivity index is 2.10. The van der Waals surface area contributed by atoms with E-state index in [2.05, 4.69) is 13.2 Å². The van der Waals surface area contributed by atoms with E-state index < -0.39 is 12.2 Å². The molecule has 0 aliphatic carbocycles. The van der Waals surface area contributed by atoms with Gasteiger partial charge in [-0.15, -0.1) is 0 Å². The lowest BCUT2D eigenvalue weighted by molar-refractivity contribution is -0.116. The van der Waals surface area contributed by atoms with E-state index in [4.69, 9.17) is 4.74 Å². The van der Waals surface area contributed by atoms with Crippen molar-refractivity contribution in [3.63, 3.8) is 0 Å². The second-order valence-electron chi connectivity index (χ2n) is 5.43. The third-order valence-electron chi connectivity index (χ3n) is 3.56. The second-order valence-corrected chi connectivity index (χ2v) is 5.43. The molecule has 0 saturated carbocycles. The largest absolute Gasteiger partial charge is 0.456 e. The number of hydrogen-bond donors (Lipinski definition) is 0. The predicted octanol–water partition coefficient (Wildman–Crippen LogP) is 5.01. The molecule has 5 heteroatoms. The summed E-state index contributed by atoms with van der Waals surface area (Å²) in [4.78, 5) is 13.6. The molecule has 0 aromatic heterocycles. The van der Waals surface area contributed by atoms with Crippen molar-refractivity contribution in [1.82, 2.24) is 0 Å². The molecule has 25 heavy (non-hydrogen) atoms. The molecule has 1 amide bonds. The molecule has 0 unspecified atom stereocenters. The van der Waals surface area contributed by atoms with Crippen molar-refractivity contribution in [1.29, 1.82) is 0 Å². The minimum absolute atomic E-state index is 0.0729. The van der Waals surface area contributed by atoms with Crippen molar-refractivity contribution in [2.75, 3.05) is 4.90 Å². The third-order valence-corrected chi connectivity index (χ3v) is 3.56. The Bertz CT molecular complexity index is 755. The number of hydrogen-bond acceptors (Lipinski definition) is 2. The van der Waals surface area contributed by atoms with E-state index in [1.165, 1.54) is 6.92 Å². The number of benzene rings is 2. The highest BCUT2D eigenvalue weighted by atomic mass is 19.3. The Kier molecular flexibility index (Phi) is 6.06. The van der Waals surface area contributed by atoms with Crippen molar-refractivity contribution in [3.05, 3.63) is 84.6 Å². The lowest BCUT2D eigenvalue weighted by Crippen LogP contribution is -2.27. The molecular weight excluding hydrogens is 324 g/mol. The van der Waals surface area contributed by atoms with Crippen LogP contribution in [-0.2, 0) is 16.1 Å². The maximum absolute atomic E-state index is 12.4. The summed E-state index contributed by atoms with van der Waals surface area (Å²) in [5.41, 5.74) is 2.27. The van der Waals surface area contributed by atoms with Gasteiger partial charge in [0.25, 0.3) is 6.43 Å². The standard InChI is InChI=1S/C20H19F2NO2/c1-14(25-15(2)20(21)22)18-11-9-17(10-12-18)13-23(16(3)24)19-7-5-4-6-8-19/h4-12,20H,1-2,13H2,3H3. The smallest absolute Gasteiger partial charge is 0.294 e. The van der Waals surface area contributed by atoms with Gasteiger partial charge in [0, 0.05) is 18.2 Å². The summed E-state index contributed by atoms with van der Waals surface area (Å²) in [5, 5.41) is 0. The summed E-state index contributed by atoms with van der Waals surface area (Å²) in [6.45, 7) is 8.69. The maximum Gasteiger partial charge on any atom is 0.294 e. The van der Waals surface area contributed by atoms with Gasteiger partial charge in [0.1, 0.15) is 5.76 Å². The van der Waals surface area contributed by atoms with Gasteiger partial charge in [-0.1, -0.05) is 55.6 Å². The van der Waals surface area contributed by atoms with Gasteiger partial charge in [-0.05, 0) is 17.7 Å². The Morgan fingerprint density at radius 3 is 2.20 bits per heavy atom. The van der Waals surface area contributed by atoms with Crippen molar-refractivity contribution in [3.8, 4) is 0 Å². The van der Waals surface area contributed by atoms with Gasteiger partial charge >= 0.3 is 0 Å². The number of anilines is 1. The van der Waals surface area contributed by atoms with Crippen LogP contribution < -0.4 is 4.90 Å². The van der Waals surface area contributed by atoms with Crippen molar-refractivity contribution < 1.29 is 18.3 Å². The van der Waals surface area contributed by atoms with Gasteiger partial charge in [-0.25, -0.2) is 8.78 Å². The fraction of sp³-hybridized carbons (Fsp3) is 0.150. The van der Waals surface area contributed by atoms with Crippen molar-refractivity contribution in [2.45, 2.75) is 19.9 Å². The van der Waals surface area contributed by atoms with Gasteiger partial charge in [-0.2, -0.15) is 0 Å². The molecule has 0 radical (unpaired) electrons. The Morgan fingerprint density at radius 2 is 1.68 bits per heavy atom. The monoisotopic (exact) mass is 343 g/mol. The fourth-order valence-corrected chi connectivity index (χ4v) is 2.23. The first-order valence-electron chi connectivity index (χ1n) is 7.64. The number of rotatable bonds is 7. The number of nitrogens with zero attached hydrogens (tertiary/aromatic N) is 1. The first-order valence-corrected chi connectivity index (χ1v) is 7.64. The highest BCUT2D eigenvalue weighted by Crippen LogP contribution is 2.22. The summed E-state index contributed by atoms with van der Waals surface area (Å²) in [6, 6.07) is 16.4. The molecular formula is C20H19F2NO2. The van der Waals surface area contributed by atoms with E-state index in [0.717, 1.165) is 11.3 Å². The van der Waals surface area contributed by atoms with Crippen molar-refractivity contribution >= 4 is 17.4 Å². The van der Waals surface area contributed by atoms with Gasteiger partial charge in [-0.3, -0.25) is 4.79 Å². The molecule has 0 bridgehead atoms. The number of carbonyl (C=O) groups is 1. The van der Waals surface area contributed by atoms with Gasteiger partial charge in [0.05, 0.1) is 6.54 Å². The lowest BCUT2D eigenvalue weighted by atomic mass is 10.1. The summed E-state index contributed by atoms with van der Waals surface area (Å²) in [6.07, 6.45) is -2.76. The number of ether oxygens (including phenoxy) is 1. The lowest BCUT2D eigenvalue weighted by Gasteiger charge is -2.21. The number of allylic oxidation sites excluding steroid dienone is 1. The molecule has 0 aliphatic rings. The van der Waals surface area contributed by atoms with Crippen LogP contribution in [0.4, 0.5) is 14.5 Å². The normalized spacial score (nSPS) is 10.4. The van der Waals surface area contributed by atoms with E-state index >= 15 is 0 Å². The quantitative estimate of drug-likeness (QED) is 0.662. The highest BCUT2D eigenvalue weighted by molar-refractivity contribution is 5.91. The fourth-order valence-electron chi connectivity index (χ4n) is 2.23. The predicted molar refractivity (Wildman–Crippen MR) is 95.0 cm³/mol. The van der Waals surface area contributed by atoms with Crippen LogP contribution in [0, 0.1) is 0 Å². The molecule has 0 spiro atoms. The summed E-state index contributed by atoms with van der Waals surface area (Å²) in [7, 11) is 0. The molecule has 0 aliphatic heterocycles. The van der Waals surface area contributed by atoms with Crippen molar-refractivity contribution in [2.24, 2.45) is 0 Å². The molecule has 0 N–H and O–H groups in total. The Hall–Kier alpha value is -2.95. The number of para-hydroxylation sites is 1. The zero-order valence-corrected chi connectivity index (χ0v) is 13.9. The van der Waals surface area contributed by atoms with Gasteiger partial charge < -0.3 is 9.64 Å². The van der Waals surface area contributed by atoms with E-state index in [9.17, 15) is 13.6 Å². The van der Waals surface area contributed by atoms with Gasteiger partial charge in [0.2, 0.25) is 5.91 Å². The first-order chi connectivity index (χ1) is 11.9. The van der Waals surface area contributed by atoms with Crippen LogP contribution in [0.5, 0.6) is 0 Å². The van der Waals surface area contributed by atoms with E-state index in [1.807, 2.05) is 30.3 Å². The molecule has 130 valence electrons. The Morgan fingerprint density at radius 1 is 1.08 bits per heavy atom. The molecule has 0 fully saturated rings. The number of amides is 1. The first kappa shape index (κ1) is 18.4. The minimum Gasteiger partial charge on any atom is -0.456 e. The van der Waals surface area contributed by atoms with Crippen LogP contribution in [0.15, 0.2) is 73.5 Å². The van der Waals surface area contributed by atoms with E-state index in [-0.39, 0.29) is 11.7 Å². The number of carbonyl (C=O) groups excluding carboxylic acids is 1. The SMILES string of the molecule is C=C(OC(=C)C(F)F)c1ccc(CN(C(C)=O)c2ccccc2)cc1. The zero-order valence-electron chi connectivity index (χ0n) is 13.9. The topological polar surface area (TPSA) is 29.5 Å². The molecule has 0 saturated heterocycles.